The zero-order valence-corrected chi connectivity index (χ0v) is 28.5. The minimum absolute atomic E-state index is 0.0130. The van der Waals surface area contributed by atoms with E-state index in [1.807, 2.05) is 13.8 Å². The number of ether oxygens (including phenoxy) is 3. The van der Waals surface area contributed by atoms with Crippen LogP contribution in [0, 0.1) is 40.4 Å². The Labute approximate surface area is 282 Å². The van der Waals surface area contributed by atoms with Gasteiger partial charge in [0.15, 0.2) is 17.9 Å². The Morgan fingerprint density at radius 3 is 2.62 bits per heavy atom. The van der Waals surface area contributed by atoms with Crippen molar-refractivity contribution in [3.8, 4) is 11.8 Å². The number of hydrogen-bond donors (Lipinski definition) is 2. The summed E-state index contributed by atoms with van der Waals surface area (Å²) in [4.78, 5) is 25.3. The van der Waals surface area contributed by atoms with Gasteiger partial charge in [0.1, 0.15) is 23.4 Å². The largest absolute Gasteiger partial charge is 0.457 e. The fourth-order valence-electron chi connectivity index (χ4n) is 9.42. The number of furan rings is 1. The maximum atomic E-state index is 17.8. The quantitative estimate of drug-likeness (QED) is 0.154. The molecule has 0 radical (unpaired) electrons. The van der Waals surface area contributed by atoms with E-state index in [1.54, 1.807) is 13.0 Å². The molecule has 12 atom stereocenters. The summed E-state index contributed by atoms with van der Waals surface area (Å²) in [6.07, 6.45) is 0.665. The van der Waals surface area contributed by atoms with Crippen molar-refractivity contribution in [2.75, 3.05) is 12.4 Å². The molecule has 262 valence electrons. The second kappa shape index (κ2) is 12.3. The molecule has 0 aromatic carbocycles. The Balaban J connectivity index is 1.26. The summed E-state index contributed by atoms with van der Waals surface area (Å²) in [5.41, 5.74) is -8.05. The van der Waals surface area contributed by atoms with Crippen molar-refractivity contribution in [1.29, 1.82) is 0 Å². The molecule has 4 aliphatic carbocycles. The number of halogens is 3. The number of alkyl halides is 3. The molecule has 5 aliphatic rings. The highest BCUT2D eigenvalue weighted by Gasteiger charge is 2.80. The van der Waals surface area contributed by atoms with Crippen LogP contribution in [0.15, 0.2) is 46.6 Å². The number of carbonyl (C=O) groups is 2. The van der Waals surface area contributed by atoms with Gasteiger partial charge in [-0.05, 0) is 75.7 Å². The maximum absolute atomic E-state index is 17.8. The van der Waals surface area contributed by atoms with Gasteiger partial charge in [0, 0.05) is 16.7 Å². The molecule has 1 aromatic rings. The Morgan fingerprint density at radius 2 is 1.94 bits per heavy atom. The predicted molar refractivity (Wildman–Crippen MR) is 171 cm³/mol. The summed E-state index contributed by atoms with van der Waals surface area (Å²) >= 11 is 1.36. The van der Waals surface area contributed by atoms with E-state index in [4.69, 9.17) is 18.6 Å². The van der Waals surface area contributed by atoms with Gasteiger partial charge in [0.05, 0.1) is 30.6 Å². The van der Waals surface area contributed by atoms with Crippen LogP contribution < -0.4 is 0 Å². The molecule has 0 spiro atoms. The predicted octanol–water partition coefficient (Wildman–Crippen LogP) is 5.67. The molecular weight excluding hydrogens is 649 g/mol. The number of esters is 2. The first-order chi connectivity index (χ1) is 22.5. The Bertz CT molecular complexity index is 1550. The van der Waals surface area contributed by atoms with Gasteiger partial charge >= 0.3 is 11.9 Å². The van der Waals surface area contributed by atoms with Gasteiger partial charge in [-0.2, -0.15) is 0 Å². The molecule has 5 unspecified atom stereocenters. The molecule has 12 heteroatoms. The summed E-state index contributed by atoms with van der Waals surface area (Å²) in [5.74, 6) is 2.75. The van der Waals surface area contributed by atoms with Gasteiger partial charge in [-0.15, -0.1) is 11.8 Å². The number of epoxide rings is 1. The lowest BCUT2D eigenvalue weighted by atomic mass is 9.44. The van der Waals surface area contributed by atoms with E-state index in [0.717, 1.165) is 0 Å². The maximum Gasteiger partial charge on any atom is 0.374 e. The average Bonchev–Trinajstić information content (AvgIpc) is 3.46. The van der Waals surface area contributed by atoms with Crippen molar-refractivity contribution < 1.29 is 51.6 Å². The van der Waals surface area contributed by atoms with E-state index in [2.05, 4.69) is 11.8 Å². The van der Waals surface area contributed by atoms with Gasteiger partial charge < -0.3 is 28.8 Å². The van der Waals surface area contributed by atoms with Crippen LogP contribution in [-0.2, 0) is 19.0 Å². The molecule has 2 heterocycles. The molecule has 0 bridgehead atoms. The summed E-state index contributed by atoms with van der Waals surface area (Å²) in [6.45, 7) is 7.79. The third-order valence-electron chi connectivity index (χ3n) is 11.5. The zero-order chi connectivity index (χ0) is 34.9. The van der Waals surface area contributed by atoms with Crippen LogP contribution in [0.25, 0.3) is 0 Å². The SMILES string of the molecule is C[C@@H]1CC2C3C[C@H](F)C4=CC(O)C=C[C@]4(C)[C@@]3(F)[C@@H](O)C[C@]2(C)[C@@]1(OC(=O)c1ccco1)C1OC1SCC#CCOC(=O)CC(C)(C)F. The fraction of sp³-hybridized carbons (Fsp3) is 0.667. The molecule has 3 saturated carbocycles. The highest BCUT2D eigenvalue weighted by atomic mass is 32.2. The van der Waals surface area contributed by atoms with E-state index in [-0.39, 0.29) is 48.9 Å². The van der Waals surface area contributed by atoms with E-state index in [0.29, 0.717) is 6.42 Å². The number of aliphatic hydroxyl groups is 2. The van der Waals surface area contributed by atoms with Crippen LogP contribution >= 0.6 is 11.8 Å². The van der Waals surface area contributed by atoms with Crippen LogP contribution in [0.1, 0.15) is 70.9 Å². The van der Waals surface area contributed by atoms with Crippen molar-refractivity contribution in [3.05, 3.63) is 48.0 Å². The normalized spacial score (nSPS) is 42.8. The van der Waals surface area contributed by atoms with Crippen molar-refractivity contribution in [3.63, 3.8) is 0 Å². The number of thioether (sulfide) groups is 1. The van der Waals surface area contributed by atoms with Crippen LogP contribution in [0.5, 0.6) is 0 Å². The fourth-order valence-corrected chi connectivity index (χ4v) is 10.3. The van der Waals surface area contributed by atoms with Crippen LogP contribution in [-0.4, -0.2) is 81.4 Å². The number of hydrogen-bond acceptors (Lipinski definition) is 9. The summed E-state index contributed by atoms with van der Waals surface area (Å²) in [5, 5.41) is 22.1. The molecule has 1 aliphatic heterocycles. The molecule has 2 N–H and O–H groups in total. The third kappa shape index (κ3) is 5.53. The number of fused-ring (bicyclic) bond motifs is 5. The highest BCUT2D eigenvalue weighted by molar-refractivity contribution is 8.00. The lowest BCUT2D eigenvalue weighted by Gasteiger charge is -2.63. The van der Waals surface area contributed by atoms with E-state index < -0.39 is 81.5 Å². The van der Waals surface area contributed by atoms with E-state index >= 15 is 8.78 Å². The minimum atomic E-state index is -2.24. The smallest absolute Gasteiger partial charge is 0.374 e. The summed E-state index contributed by atoms with van der Waals surface area (Å²) < 4.78 is 70.4. The number of allylic oxidation sites excluding steroid dienone is 2. The van der Waals surface area contributed by atoms with Crippen molar-refractivity contribution in [2.24, 2.45) is 28.6 Å². The number of aliphatic hydroxyl groups excluding tert-OH is 2. The Kier molecular flexibility index (Phi) is 8.96. The van der Waals surface area contributed by atoms with E-state index in [9.17, 15) is 24.2 Å². The Hall–Kier alpha value is -2.72. The van der Waals surface area contributed by atoms with Crippen molar-refractivity contribution >= 4 is 23.7 Å². The average molecular weight is 693 g/mol. The standard InChI is InChI=1S/C36H43F3O8S/c1-20-15-22-23-17-25(37)24-16-21(40)10-11-33(24,4)35(23,39)27(41)18-34(22,5)36(20,47-30(43)26-9-8-13-44-26)29-31(46-29)48-14-7-6-12-45-28(42)19-32(2,3)38/h8-11,13,16,20-23,25,27,29,31,40-41H,12,14-15,17-19H2,1-5H3/t20-,21?,22?,23?,25+,27+,29?,31?,33+,34+,35+,36+/m1/s1. The minimum Gasteiger partial charge on any atom is -0.457 e. The van der Waals surface area contributed by atoms with Crippen LogP contribution in [0.2, 0.25) is 0 Å². The number of rotatable bonds is 8. The first-order valence-corrected chi connectivity index (χ1v) is 17.5. The van der Waals surface area contributed by atoms with Crippen LogP contribution in [0.3, 0.4) is 0 Å². The summed E-state index contributed by atoms with van der Waals surface area (Å²) in [6, 6.07) is 3.06. The molecule has 6 rings (SSSR count). The van der Waals surface area contributed by atoms with Gasteiger partial charge in [-0.25, -0.2) is 18.0 Å². The molecular formula is C36H43F3O8S. The molecule has 1 aromatic heterocycles. The van der Waals surface area contributed by atoms with Gasteiger partial charge in [0.2, 0.25) is 5.76 Å². The molecule has 4 fully saturated rings. The van der Waals surface area contributed by atoms with Crippen molar-refractivity contribution in [2.45, 2.75) is 107 Å². The molecule has 8 nitrogen and oxygen atoms in total. The highest BCUT2D eigenvalue weighted by Crippen LogP contribution is 2.73. The Morgan fingerprint density at radius 1 is 1.19 bits per heavy atom. The summed E-state index contributed by atoms with van der Waals surface area (Å²) in [7, 11) is 0. The molecule has 1 saturated heterocycles. The third-order valence-corrected chi connectivity index (χ3v) is 12.5. The first kappa shape index (κ1) is 35.1. The van der Waals surface area contributed by atoms with Crippen molar-refractivity contribution in [1.82, 2.24) is 0 Å². The van der Waals surface area contributed by atoms with E-state index in [1.165, 1.54) is 56.2 Å². The number of carbonyl (C=O) groups excluding carboxylic acids is 2. The second-order valence-electron chi connectivity index (χ2n) is 14.9. The van der Waals surface area contributed by atoms with Gasteiger partial charge in [-0.3, -0.25) is 4.79 Å². The van der Waals surface area contributed by atoms with Gasteiger partial charge in [0.25, 0.3) is 0 Å². The monoisotopic (exact) mass is 692 g/mol. The second-order valence-corrected chi connectivity index (χ2v) is 16.0. The lowest BCUT2D eigenvalue weighted by molar-refractivity contribution is -0.228. The lowest BCUT2D eigenvalue weighted by Crippen LogP contribution is -2.70. The molecule has 48 heavy (non-hydrogen) atoms. The van der Waals surface area contributed by atoms with Gasteiger partial charge in [-0.1, -0.05) is 37.8 Å². The van der Waals surface area contributed by atoms with Crippen LogP contribution in [0.4, 0.5) is 13.2 Å². The first-order valence-electron chi connectivity index (χ1n) is 16.4. The molecule has 0 amide bonds. The zero-order valence-electron chi connectivity index (χ0n) is 27.7. The topological polar surface area (TPSA) is 119 Å².